The molecule has 0 aromatic heterocycles. The average molecular weight is 128 g/mol. The van der Waals surface area contributed by atoms with E-state index in [-0.39, 0.29) is 0 Å². The molecule has 0 aliphatic carbocycles. The van der Waals surface area contributed by atoms with Gasteiger partial charge in [-0.3, -0.25) is 0 Å². The first-order valence-electron chi connectivity index (χ1n) is 2.33. The fraction of sp³-hybridized carbons (Fsp3) is 0.750. The summed E-state index contributed by atoms with van der Waals surface area (Å²) in [5.74, 6) is 0. The fourth-order valence-corrected chi connectivity index (χ4v) is 0.0632. The highest BCUT2D eigenvalue weighted by atomic mass is 16.4. The Bertz CT molecular complexity index is 132. The van der Waals surface area contributed by atoms with Crippen molar-refractivity contribution in [2.24, 2.45) is 5.11 Å². The van der Waals surface area contributed by atoms with E-state index in [0.717, 1.165) is 0 Å². The van der Waals surface area contributed by atoms with Crippen LogP contribution in [0.4, 0.5) is 0 Å². The van der Waals surface area contributed by atoms with Gasteiger partial charge in [0, 0.05) is 16.5 Å². The Morgan fingerprint density at radius 1 is 1.78 bits per heavy atom. The molecule has 0 atom stereocenters. The van der Waals surface area contributed by atoms with Gasteiger partial charge in [-0.1, -0.05) is 12.0 Å². The maximum Gasteiger partial charge on any atom is 0.294 e. The van der Waals surface area contributed by atoms with Crippen molar-refractivity contribution in [3.05, 3.63) is 20.7 Å². The van der Waals surface area contributed by atoms with Crippen molar-refractivity contribution >= 4 is 0 Å². The van der Waals surface area contributed by atoms with Crippen LogP contribution in [0.25, 0.3) is 15.5 Å². The zero-order chi connectivity index (χ0) is 7.54. The molecule has 0 fully saturated rings. The van der Waals surface area contributed by atoms with E-state index in [1.54, 1.807) is 6.92 Å². The molecule has 0 radical (unpaired) electrons. The molecule has 5 heteroatoms. The smallest absolute Gasteiger partial charge is 0.294 e. The average Bonchev–Trinajstić information content (AvgIpc) is 1.91. The Morgan fingerprint density at radius 3 is 2.22 bits per heavy atom. The van der Waals surface area contributed by atoms with Crippen molar-refractivity contribution in [3.8, 4) is 6.07 Å². The van der Waals surface area contributed by atoms with Gasteiger partial charge >= 0.3 is 0 Å². The SMILES string of the molecule is CC#[N+][O-].CCN=[N+]=[N-]. The minimum absolute atomic E-state index is 0.552. The molecule has 0 saturated heterocycles. The maximum absolute atomic E-state index is 8.81. The summed E-state index contributed by atoms with van der Waals surface area (Å²) in [5, 5.41) is 14.2. The summed E-state index contributed by atoms with van der Waals surface area (Å²) in [6.07, 6.45) is 0. The molecule has 0 spiro atoms. The highest BCUT2D eigenvalue weighted by Gasteiger charge is 1.51. The summed E-state index contributed by atoms with van der Waals surface area (Å²) < 4.78 is 0. The Morgan fingerprint density at radius 2 is 2.22 bits per heavy atom. The van der Waals surface area contributed by atoms with E-state index < -0.39 is 0 Å². The lowest BCUT2D eigenvalue weighted by molar-refractivity contribution is 1.11. The standard InChI is InChI=1S/C2H5N3.C2H3NO/c1-2-4-5-3;1-2-3-4/h2H2,1H3;1H3. The first-order valence-corrected chi connectivity index (χ1v) is 2.33. The Balaban J connectivity index is 0. The molecule has 0 N–H and O–H groups in total. The molecule has 0 heterocycles. The molecular formula is C4H8N4O. The van der Waals surface area contributed by atoms with E-state index in [4.69, 9.17) is 10.7 Å². The number of hydrogen-bond donors (Lipinski definition) is 0. The van der Waals surface area contributed by atoms with Crippen LogP contribution < -0.4 is 0 Å². The van der Waals surface area contributed by atoms with Crippen LogP contribution in [0.1, 0.15) is 13.8 Å². The van der Waals surface area contributed by atoms with Crippen LogP contribution in [0.3, 0.4) is 0 Å². The number of nitrogens with zero attached hydrogens (tertiary/aromatic N) is 4. The van der Waals surface area contributed by atoms with E-state index >= 15 is 0 Å². The molecule has 0 saturated carbocycles. The summed E-state index contributed by atoms with van der Waals surface area (Å²) in [5.41, 5.74) is 7.52. The third kappa shape index (κ3) is 54.6. The van der Waals surface area contributed by atoms with Gasteiger partial charge in [0.05, 0.1) is 6.92 Å². The first-order chi connectivity index (χ1) is 4.33. The normalized spacial score (nSPS) is 4.67. The number of rotatable bonds is 1. The molecule has 0 aromatic rings. The molecule has 0 bridgehead atoms. The second kappa shape index (κ2) is 16.0. The van der Waals surface area contributed by atoms with E-state index in [0.29, 0.717) is 6.54 Å². The van der Waals surface area contributed by atoms with E-state index in [9.17, 15) is 0 Å². The van der Waals surface area contributed by atoms with Gasteiger partial charge in [-0.2, -0.15) is 0 Å². The molecule has 9 heavy (non-hydrogen) atoms. The second-order valence-corrected chi connectivity index (χ2v) is 0.862. The fourth-order valence-electron chi connectivity index (χ4n) is 0.0632. The van der Waals surface area contributed by atoms with Crippen molar-refractivity contribution in [3.63, 3.8) is 0 Å². The van der Waals surface area contributed by atoms with Crippen molar-refractivity contribution in [2.75, 3.05) is 6.54 Å². The van der Waals surface area contributed by atoms with Crippen LogP contribution in [0.15, 0.2) is 5.11 Å². The van der Waals surface area contributed by atoms with Crippen LogP contribution in [-0.4, -0.2) is 6.54 Å². The van der Waals surface area contributed by atoms with Gasteiger partial charge in [0.2, 0.25) is 0 Å². The topological polar surface area (TPSA) is 76.2 Å². The zero-order valence-electron chi connectivity index (χ0n) is 5.40. The monoisotopic (exact) mass is 128 g/mol. The number of azide groups is 1. The highest BCUT2D eigenvalue weighted by Crippen LogP contribution is 1.61. The van der Waals surface area contributed by atoms with Crippen LogP contribution in [0.2, 0.25) is 0 Å². The summed E-state index contributed by atoms with van der Waals surface area (Å²) >= 11 is 0. The predicted octanol–water partition coefficient (Wildman–Crippen LogP) is 2.15. The van der Waals surface area contributed by atoms with Gasteiger partial charge in [-0.05, 0) is 5.53 Å². The van der Waals surface area contributed by atoms with E-state index in [1.165, 1.54) is 6.92 Å². The van der Waals surface area contributed by atoms with Crippen molar-refractivity contribution in [1.82, 2.24) is 0 Å². The van der Waals surface area contributed by atoms with Gasteiger partial charge in [0.25, 0.3) is 6.07 Å². The largest absolute Gasteiger partial charge is 0.498 e. The molecule has 5 nitrogen and oxygen atoms in total. The third-order valence-corrected chi connectivity index (χ3v) is 0.296. The summed E-state index contributed by atoms with van der Waals surface area (Å²) in [4.78, 5) is 2.48. The lowest BCUT2D eigenvalue weighted by Gasteiger charge is -1.57. The van der Waals surface area contributed by atoms with Crippen LogP contribution in [0.5, 0.6) is 0 Å². The molecule has 0 unspecified atom stereocenters. The van der Waals surface area contributed by atoms with Gasteiger partial charge in [0.1, 0.15) is 0 Å². The minimum atomic E-state index is 0.552. The van der Waals surface area contributed by atoms with Gasteiger partial charge < -0.3 is 5.21 Å². The van der Waals surface area contributed by atoms with Crippen LogP contribution >= 0.6 is 0 Å². The van der Waals surface area contributed by atoms with Crippen LogP contribution in [0, 0.1) is 11.3 Å². The highest BCUT2D eigenvalue weighted by molar-refractivity contribution is 4.79. The van der Waals surface area contributed by atoms with Gasteiger partial charge in [-0.15, -0.1) is 0 Å². The van der Waals surface area contributed by atoms with E-state index in [2.05, 4.69) is 15.0 Å². The second-order valence-electron chi connectivity index (χ2n) is 0.862. The first kappa shape index (κ1) is 10.6. The summed E-state index contributed by atoms with van der Waals surface area (Å²) in [6, 6.07) is 2.00. The number of hydrogen-bond acceptors (Lipinski definition) is 2. The summed E-state index contributed by atoms with van der Waals surface area (Å²) in [7, 11) is 0. The van der Waals surface area contributed by atoms with Crippen molar-refractivity contribution in [2.45, 2.75) is 13.8 Å². The summed E-state index contributed by atoms with van der Waals surface area (Å²) in [6.45, 7) is 3.79. The van der Waals surface area contributed by atoms with E-state index in [1.807, 2.05) is 6.07 Å². The zero-order valence-corrected chi connectivity index (χ0v) is 5.40. The Hall–Kier alpha value is -1.40. The molecule has 0 aliphatic heterocycles. The maximum atomic E-state index is 8.81. The van der Waals surface area contributed by atoms with Crippen molar-refractivity contribution < 1.29 is 0 Å². The molecule has 0 rings (SSSR count). The van der Waals surface area contributed by atoms with Crippen LogP contribution in [-0.2, 0) is 0 Å². The van der Waals surface area contributed by atoms with Gasteiger partial charge in [0.15, 0.2) is 0 Å². The molecular weight excluding hydrogens is 120 g/mol. The molecule has 0 amide bonds. The lowest BCUT2D eigenvalue weighted by atomic mass is 10.8. The van der Waals surface area contributed by atoms with Gasteiger partial charge in [-0.25, -0.2) is 0 Å². The predicted molar refractivity (Wildman–Crippen MR) is 36.0 cm³/mol. The molecule has 0 aliphatic rings. The quantitative estimate of drug-likeness (QED) is 0.230. The molecule has 50 valence electrons. The third-order valence-electron chi connectivity index (χ3n) is 0.296. The Labute approximate surface area is 53.3 Å². The van der Waals surface area contributed by atoms with Crippen molar-refractivity contribution in [1.29, 1.82) is 0 Å². The molecule has 0 aromatic carbocycles. The minimum Gasteiger partial charge on any atom is -0.498 e. The lowest BCUT2D eigenvalue weighted by Crippen LogP contribution is -1.52. The Kier molecular flexibility index (Phi) is 18.7.